The number of urea groups is 1. The van der Waals surface area contributed by atoms with Crippen molar-refractivity contribution in [3.05, 3.63) is 35.4 Å². The maximum Gasteiger partial charge on any atom is 0.325 e. The average molecular weight is 407 g/mol. The van der Waals surface area contributed by atoms with Gasteiger partial charge in [-0.05, 0) is 32.8 Å². The molecule has 0 bridgehead atoms. The number of carbonyl (C=O) groups is 3. The van der Waals surface area contributed by atoms with E-state index in [-0.39, 0.29) is 11.5 Å². The van der Waals surface area contributed by atoms with Crippen molar-refractivity contribution in [2.24, 2.45) is 0 Å². The first-order valence-corrected chi connectivity index (χ1v) is 11.1. The molecule has 2 aliphatic rings. The molecule has 2 fully saturated rings. The zero-order chi connectivity index (χ0) is 20.7. The quantitative estimate of drug-likeness (QED) is 0.727. The van der Waals surface area contributed by atoms with Crippen molar-refractivity contribution in [1.82, 2.24) is 15.1 Å². The Labute approximate surface area is 164 Å². The number of sulfone groups is 1. The topological polar surface area (TPSA) is 104 Å². The van der Waals surface area contributed by atoms with Crippen molar-refractivity contribution in [1.29, 1.82) is 0 Å². The molecule has 3 rings (SSSR count). The first kappa shape index (κ1) is 20.3. The summed E-state index contributed by atoms with van der Waals surface area (Å²) in [7, 11) is -3.14. The smallest absolute Gasteiger partial charge is 0.325 e. The number of hydrogen-bond donors (Lipinski definition) is 1. The summed E-state index contributed by atoms with van der Waals surface area (Å²) >= 11 is 0. The Balaban J connectivity index is 1.76. The molecule has 2 aliphatic heterocycles. The number of benzene rings is 1. The van der Waals surface area contributed by atoms with Crippen molar-refractivity contribution < 1.29 is 22.8 Å². The summed E-state index contributed by atoms with van der Waals surface area (Å²) in [6.07, 6.45) is 0.378. The fourth-order valence-corrected chi connectivity index (χ4v) is 5.54. The highest BCUT2D eigenvalue weighted by molar-refractivity contribution is 7.91. The van der Waals surface area contributed by atoms with Crippen molar-refractivity contribution in [2.75, 3.05) is 24.6 Å². The maximum atomic E-state index is 13.0. The Morgan fingerprint density at radius 3 is 2.46 bits per heavy atom. The second-order valence-electron chi connectivity index (χ2n) is 7.55. The van der Waals surface area contributed by atoms with E-state index in [4.69, 9.17) is 0 Å². The molecule has 9 heteroatoms. The fraction of sp³-hybridized carbons (Fsp3) is 0.526. The van der Waals surface area contributed by atoms with Crippen molar-refractivity contribution in [3.8, 4) is 0 Å². The molecule has 28 heavy (non-hydrogen) atoms. The highest BCUT2D eigenvalue weighted by atomic mass is 32.2. The number of rotatable bonds is 5. The van der Waals surface area contributed by atoms with Gasteiger partial charge in [0.1, 0.15) is 12.1 Å². The molecule has 2 atom stereocenters. The van der Waals surface area contributed by atoms with E-state index in [1.165, 1.54) is 4.90 Å². The Kier molecular flexibility index (Phi) is 5.22. The van der Waals surface area contributed by atoms with Crippen molar-refractivity contribution in [3.63, 3.8) is 0 Å². The van der Waals surface area contributed by atoms with Gasteiger partial charge in [-0.1, -0.05) is 29.8 Å². The number of hydrogen-bond acceptors (Lipinski definition) is 5. The molecule has 1 N–H and O–H groups in total. The normalized spacial score (nSPS) is 26.4. The van der Waals surface area contributed by atoms with Crippen LogP contribution < -0.4 is 5.32 Å². The van der Waals surface area contributed by atoms with Gasteiger partial charge in [-0.25, -0.2) is 13.2 Å². The van der Waals surface area contributed by atoms with Gasteiger partial charge in [0.05, 0.1) is 11.5 Å². The van der Waals surface area contributed by atoms with E-state index in [2.05, 4.69) is 5.32 Å². The molecule has 4 amide bonds. The second-order valence-corrected chi connectivity index (χ2v) is 9.78. The molecular formula is C19H25N3O5S. The summed E-state index contributed by atoms with van der Waals surface area (Å²) in [6.45, 7) is 5.21. The van der Waals surface area contributed by atoms with E-state index in [9.17, 15) is 22.8 Å². The molecule has 0 unspecified atom stereocenters. The lowest BCUT2D eigenvalue weighted by Gasteiger charge is -2.28. The molecule has 1 aromatic rings. The first-order valence-electron chi connectivity index (χ1n) is 9.28. The standard InChI is InChI=1S/C19H25N3O5S/c1-4-21(15-9-10-28(26,27)12-15)16(23)11-22-17(24)19(3,20-18(22)25)14-7-5-13(2)6-8-14/h5-8,15H,4,9-12H2,1-3H3,(H,20,25)/t15-,19-/m0/s1. The third-order valence-corrected chi connectivity index (χ3v) is 7.26. The summed E-state index contributed by atoms with van der Waals surface area (Å²) < 4.78 is 23.5. The summed E-state index contributed by atoms with van der Waals surface area (Å²) in [4.78, 5) is 40.5. The van der Waals surface area contributed by atoms with Crippen LogP contribution in [0.2, 0.25) is 0 Å². The zero-order valence-corrected chi connectivity index (χ0v) is 17.1. The molecular weight excluding hydrogens is 382 g/mol. The van der Waals surface area contributed by atoms with E-state index < -0.39 is 45.8 Å². The van der Waals surface area contributed by atoms with Crippen LogP contribution in [0.3, 0.4) is 0 Å². The number of imide groups is 1. The van der Waals surface area contributed by atoms with Gasteiger partial charge < -0.3 is 10.2 Å². The highest BCUT2D eigenvalue weighted by Gasteiger charge is 2.50. The van der Waals surface area contributed by atoms with Gasteiger partial charge in [0, 0.05) is 12.6 Å². The lowest BCUT2D eigenvalue weighted by Crippen LogP contribution is -2.48. The van der Waals surface area contributed by atoms with Crippen LogP contribution in [-0.2, 0) is 25.0 Å². The largest absolute Gasteiger partial charge is 0.337 e. The molecule has 2 heterocycles. The minimum atomic E-state index is -3.14. The number of nitrogens with zero attached hydrogens (tertiary/aromatic N) is 2. The van der Waals surface area contributed by atoms with E-state index in [0.29, 0.717) is 18.5 Å². The number of nitrogens with one attached hydrogen (secondary N) is 1. The van der Waals surface area contributed by atoms with E-state index >= 15 is 0 Å². The van der Waals surface area contributed by atoms with Crippen LogP contribution in [-0.4, -0.2) is 66.7 Å². The molecule has 0 aromatic heterocycles. The van der Waals surface area contributed by atoms with Crippen LogP contribution in [0.1, 0.15) is 31.4 Å². The predicted octanol–water partition coefficient (Wildman–Crippen LogP) is 0.798. The van der Waals surface area contributed by atoms with Crippen LogP contribution in [0, 0.1) is 6.92 Å². The first-order chi connectivity index (χ1) is 13.1. The van der Waals surface area contributed by atoms with Gasteiger partial charge in [0.25, 0.3) is 5.91 Å². The third-order valence-electron chi connectivity index (χ3n) is 5.51. The number of aryl methyl sites for hydroxylation is 1. The van der Waals surface area contributed by atoms with Crippen molar-refractivity contribution >= 4 is 27.7 Å². The Bertz CT molecular complexity index is 912. The fourth-order valence-electron chi connectivity index (χ4n) is 3.81. The molecule has 0 saturated carbocycles. The monoisotopic (exact) mass is 407 g/mol. The average Bonchev–Trinajstić information content (AvgIpc) is 3.08. The Hall–Kier alpha value is -2.42. The zero-order valence-electron chi connectivity index (χ0n) is 16.3. The van der Waals surface area contributed by atoms with Gasteiger partial charge in [-0.15, -0.1) is 0 Å². The molecule has 8 nitrogen and oxygen atoms in total. The number of likely N-dealkylation sites (N-methyl/N-ethyl adjacent to an activating group) is 1. The second kappa shape index (κ2) is 7.20. The summed E-state index contributed by atoms with van der Waals surface area (Å²) in [6, 6.07) is 6.23. The number of carbonyl (C=O) groups excluding carboxylic acids is 3. The van der Waals surface area contributed by atoms with E-state index in [1.54, 1.807) is 26.0 Å². The summed E-state index contributed by atoms with van der Waals surface area (Å²) in [5.74, 6) is -0.949. The lowest BCUT2D eigenvalue weighted by atomic mass is 9.91. The van der Waals surface area contributed by atoms with Gasteiger partial charge in [-0.2, -0.15) is 0 Å². The van der Waals surface area contributed by atoms with Crippen LogP contribution in [0.4, 0.5) is 4.79 Å². The van der Waals surface area contributed by atoms with Crippen LogP contribution in [0.15, 0.2) is 24.3 Å². The molecule has 0 aliphatic carbocycles. The lowest BCUT2D eigenvalue weighted by molar-refractivity contribution is -0.139. The van der Waals surface area contributed by atoms with Crippen LogP contribution in [0.5, 0.6) is 0 Å². The maximum absolute atomic E-state index is 13.0. The Morgan fingerprint density at radius 1 is 1.29 bits per heavy atom. The summed E-state index contributed by atoms with van der Waals surface area (Å²) in [5.41, 5.74) is 0.431. The highest BCUT2D eigenvalue weighted by Crippen LogP contribution is 2.29. The van der Waals surface area contributed by atoms with Gasteiger partial charge in [0.2, 0.25) is 5.91 Å². The van der Waals surface area contributed by atoms with E-state index in [0.717, 1.165) is 10.5 Å². The van der Waals surface area contributed by atoms with Gasteiger partial charge >= 0.3 is 6.03 Å². The predicted molar refractivity (Wildman–Crippen MR) is 103 cm³/mol. The molecule has 0 spiro atoms. The van der Waals surface area contributed by atoms with Crippen molar-refractivity contribution in [2.45, 2.75) is 38.8 Å². The minimum Gasteiger partial charge on any atom is -0.337 e. The summed E-state index contributed by atoms with van der Waals surface area (Å²) in [5, 5.41) is 2.68. The Morgan fingerprint density at radius 2 is 1.93 bits per heavy atom. The molecule has 1 aromatic carbocycles. The van der Waals surface area contributed by atoms with Gasteiger partial charge in [-0.3, -0.25) is 14.5 Å². The van der Waals surface area contributed by atoms with E-state index in [1.807, 2.05) is 19.1 Å². The molecule has 0 radical (unpaired) electrons. The third kappa shape index (κ3) is 3.63. The molecule has 152 valence electrons. The van der Waals surface area contributed by atoms with Gasteiger partial charge in [0.15, 0.2) is 9.84 Å². The van der Waals surface area contributed by atoms with Crippen LogP contribution in [0.25, 0.3) is 0 Å². The van der Waals surface area contributed by atoms with Crippen LogP contribution >= 0.6 is 0 Å². The molecule has 2 saturated heterocycles. The number of amides is 4. The SMILES string of the molecule is CCN(C(=O)CN1C(=O)N[C@@](C)(c2ccc(C)cc2)C1=O)[C@H]1CCS(=O)(=O)C1. The minimum absolute atomic E-state index is 0.0517.